The van der Waals surface area contributed by atoms with Gasteiger partial charge in [-0.25, -0.2) is 0 Å². The lowest BCUT2D eigenvalue weighted by atomic mass is 10.3. The van der Waals surface area contributed by atoms with Crippen molar-refractivity contribution in [2.24, 2.45) is 0 Å². The minimum Gasteiger partial charge on any atom is -0.468 e. The Bertz CT molecular complexity index is 263. The zero-order valence-corrected chi connectivity index (χ0v) is 10.8. The van der Waals surface area contributed by atoms with Gasteiger partial charge in [-0.05, 0) is 31.2 Å². The van der Waals surface area contributed by atoms with Crippen LogP contribution in [-0.4, -0.2) is 17.3 Å². The van der Waals surface area contributed by atoms with E-state index >= 15 is 0 Å². The number of ether oxygens (including phenoxy) is 2. The molecule has 0 heterocycles. The second kappa shape index (κ2) is 6.48. The Morgan fingerprint density at radius 1 is 1.36 bits per heavy atom. The van der Waals surface area contributed by atoms with Gasteiger partial charge in [0.05, 0.1) is 6.10 Å². The Kier molecular flexibility index (Phi) is 5.59. The van der Waals surface area contributed by atoms with E-state index in [1.165, 1.54) is 0 Å². The van der Waals surface area contributed by atoms with E-state index in [-0.39, 0.29) is 12.9 Å². The van der Waals surface area contributed by atoms with Crippen molar-refractivity contribution in [2.75, 3.05) is 11.2 Å². The minimum absolute atomic E-state index is 0.225. The van der Waals surface area contributed by atoms with Crippen molar-refractivity contribution in [2.45, 2.75) is 13.0 Å². The van der Waals surface area contributed by atoms with Crippen LogP contribution in [0.2, 0.25) is 5.02 Å². The van der Waals surface area contributed by atoms with Gasteiger partial charge in [-0.1, -0.05) is 34.2 Å². The van der Waals surface area contributed by atoms with Gasteiger partial charge in [0.1, 0.15) is 5.75 Å². The maximum Gasteiger partial charge on any atom is 0.189 e. The molecule has 0 saturated heterocycles. The van der Waals surface area contributed by atoms with Gasteiger partial charge in [0.15, 0.2) is 6.79 Å². The summed E-state index contributed by atoms with van der Waals surface area (Å²) in [7, 11) is 0. The highest BCUT2D eigenvalue weighted by molar-refractivity contribution is 14.1. The van der Waals surface area contributed by atoms with Gasteiger partial charge in [0.2, 0.25) is 0 Å². The first kappa shape index (κ1) is 12.1. The summed E-state index contributed by atoms with van der Waals surface area (Å²) in [5.41, 5.74) is 0. The van der Waals surface area contributed by atoms with Crippen LogP contribution in [0.3, 0.4) is 0 Å². The molecular weight excluding hydrogens is 314 g/mol. The lowest BCUT2D eigenvalue weighted by Gasteiger charge is -2.10. The predicted octanol–water partition coefficient (Wildman–Crippen LogP) is 3.52. The summed E-state index contributed by atoms with van der Waals surface area (Å²) in [6.07, 6.45) is 0.225. The molecule has 1 rings (SSSR count). The molecule has 0 fully saturated rings. The Balaban J connectivity index is 2.28. The molecule has 0 N–H and O–H groups in total. The first-order valence-corrected chi connectivity index (χ1v) is 6.18. The molecule has 0 spiro atoms. The topological polar surface area (TPSA) is 18.5 Å². The molecular formula is C10H12ClIO2. The van der Waals surface area contributed by atoms with E-state index in [2.05, 4.69) is 22.6 Å². The van der Waals surface area contributed by atoms with Gasteiger partial charge in [-0.2, -0.15) is 0 Å². The highest BCUT2D eigenvalue weighted by Crippen LogP contribution is 2.15. The van der Waals surface area contributed by atoms with Crippen LogP contribution in [0.5, 0.6) is 5.75 Å². The summed E-state index contributed by atoms with van der Waals surface area (Å²) in [5, 5.41) is 0.707. The van der Waals surface area contributed by atoms with Crippen molar-refractivity contribution in [1.82, 2.24) is 0 Å². The molecule has 1 atom stereocenters. The van der Waals surface area contributed by atoms with Gasteiger partial charge in [0, 0.05) is 9.45 Å². The molecule has 14 heavy (non-hydrogen) atoms. The molecule has 0 aromatic heterocycles. The number of halogens is 2. The van der Waals surface area contributed by atoms with Crippen molar-refractivity contribution in [3.05, 3.63) is 29.3 Å². The number of hydrogen-bond acceptors (Lipinski definition) is 2. The molecule has 0 aliphatic heterocycles. The molecule has 0 radical (unpaired) electrons. The van der Waals surface area contributed by atoms with Crippen LogP contribution in [0.1, 0.15) is 6.92 Å². The summed E-state index contributed by atoms with van der Waals surface area (Å²) in [4.78, 5) is 0. The summed E-state index contributed by atoms with van der Waals surface area (Å²) in [6.45, 7) is 2.30. The fourth-order valence-corrected chi connectivity index (χ4v) is 1.17. The van der Waals surface area contributed by atoms with Crippen molar-refractivity contribution in [3.63, 3.8) is 0 Å². The first-order valence-electron chi connectivity index (χ1n) is 4.28. The minimum atomic E-state index is 0.225. The number of benzene rings is 1. The fraction of sp³-hybridized carbons (Fsp3) is 0.400. The maximum atomic E-state index is 5.73. The Morgan fingerprint density at radius 2 is 2.00 bits per heavy atom. The zero-order valence-electron chi connectivity index (χ0n) is 7.87. The van der Waals surface area contributed by atoms with Gasteiger partial charge < -0.3 is 9.47 Å². The van der Waals surface area contributed by atoms with E-state index < -0.39 is 0 Å². The van der Waals surface area contributed by atoms with E-state index in [1.807, 2.05) is 19.1 Å². The summed E-state index contributed by atoms with van der Waals surface area (Å²) >= 11 is 8.00. The van der Waals surface area contributed by atoms with Crippen LogP contribution in [-0.2, 0) is 4.74 Å². The second-order valence-corrected chi connectivity index (χ2v) is 4.16. The van der Waals surface area contributed by atoms with Crippen molar-refractivity contribution < 1.29 is 9.47 Å². The molecule has 1 aromatic rings. The average molecular weight is 327 g/mol. The number of alkyl halides is 1. The highest BCUT2D eigenvalue weighted by atomic mass is 127. The zero-order chi connectivity index (χ0) is 10.4. The second-order valence-electron chi connectivity index (χ2n) is 2.85. The fourth-order valence-electron chi connectivity index (χ4n) is 0.794. The van der Waals surface area contributed by atoms with Crippen LogP contribution >= 0.6 is 34.2 Å². The Hall–Kier alpha value is -0.000000000000000111. The van der Waals surface area contributed by atoms with E-state index in [9.17, 15) is 0 Å². The van der Waals surface area contributed by atoms with E-state index in [0.29, 0.717) is 5.02 Å². The molecule has 0 aliphatic carbocycles. The van der Waals surface area contributed by atoms with Crippen molar-refractivity contribution >= 4 is 34.2 Å². The third-order valence-corrected chi connectivity index (χ3v) is 3.10. The first-order chi connectivity index (χ1) is 6.72. The van der Waals surface area contributed by atoms with E-state index in [1.54, 1.807) is 12.1 Å². The predicted molar refractivity (Wildman–Crippen MR) is 66.4 cm³/mol. The lowest BCUT2D eigenvalue weighted by Crippen LogP contribution is -2.13. The third kappa shape index (κ3) is 4.48. The van der Waals surface area contributed by atoms with Crippen LogP contribution in [0.15, 0.2) is 24.3 Å². The normalized spacial score (nSPS) is 12.5. The monoisotopic (exact) mass is 326 g/mol. The van der Waals surface area contributed by atoms with Crippen LogP contribution in [0.4, 0.5) is 0 Å². The molecule has 0 saturated carbocycles. The number of hydrogen-bond donors (Lipinski definition) is 0. The molecule has 0 bridgehead atoms. The summed E-state index contributed by atoms with van der Waals surface area (Å²) in [5.74, 6) is 0.773. The molecule has 4 heteroatoms. The molecule has 1 unspecified atom stereocenters. The standard InChI is InChI=1S/C10H12ClIO2/c1-8(6-12)13-7-14-10-4-2-9(11)3-5-10/h2-5,8H,6-7H2,1H3. The van der Waals surface area contributed by atoms with Crippen LogP contribution < -0.4 is 4.74 Å². The Morgan fingerprint density at radius 3 is 2.57 bits per heavy atom. The molecule has 1 aromatic carbocycles. The lowest BCUT2D eigenvalue weighted by molar-refractivity contribution is -0.0168. The number of rotatable bonds is 5. The third-order valence-electron chi connectivity index (χ3n) is 1.61. The van der Waals surface area contributed by atoms with Crippen molar-refractivity contribution in [3.8, 4) is 5.75 Å². The molecule has 78 valence electrons. The van der Waals surface area contributed by atoms with Gasteiger partial charge in [0.25, 0.3) is 0 Å². The Labute approximate surface area is 103 Å². The van der Waals surface area contributed by atoms with Gasteiger partial charge in [-0.3, -0.25) is 0 Å². The summed E-state index contributed by atoms with van der Waals surface area (Å²) in [6, 6.07) is 7.22. The maximum absolute atomic E-state index is 5.73. The SMILES string of the molecule is CC(CI)OCOc1ccc(Cl)cc1. The molecule has 0 aliphatic rings. The average Bonchev–Trinajstić information content (AvgIpc) is 2.21. The quantitative estimate of drug-likeness (QED) is 0.468. The summed E-state index contributed by atoms with van der Waals surface area (Å²) < 4.78 is 11.7. The smallest absolute Gasteiger partial charge is 0.189 e. The molecule has 0 amide bonds. The van der Waals surface area contributed by atoms with E-state index in [4.69, 9.17) is 21.1 Å². The van der Waals surface area contributed by atoms with Gasteiger partial charge in [-0.15, -0.1) is 0 Å². The van der Waals surface area contributed by atoms with Crippen LogP contribution in [0, 0.1) is 0 Å². The van der Waals surface area contributed by atoms with Crippen LogP contribution in [0.25, 0.3) is 0 Å². The van der Waals surface area contributed by atoms with Crippen molar-refractivity contribution in [1.29, 1.82) is 0 Å². The molecule has 2 nitrogen and oxygen atoms in total. The van der Waals surface area contributed by atoms with E-state index in [0.717, 1.165) is 10.2 Å². The largest absolute Gasteiger partial charge is 0.468 e. The highest BCUT2D eigenvalue weighted by Gasteiger charge is 1.99. The van der Waals surface area contributed by atoms with Gasteiger partial charge >= 0.3 is 0 Å².